The fraction of sp³-hybridized carbons (Fsp3) is 0.462. The van der Waals surface area contributed by atoms with Crippen molar-refractivity contribution in [3.05, 3.63) is 35.1 Å². The summed E-state index contributed by atoms with van der Waals surface area (Å²) >= 11 is 0. The van der Waals surface area contributed by atoms with E-state index in [0.717, 1.165) is 6.42 Å². The lowest BCUT2D eigenvalue weighted by Crippen LogP contribution is -2.40. The topological polar surface area (TPSA) is 59.0 Å². The van der Waals surface area contributed by atoms with Crippen LogP contribution in [-0.4, -0.2) is 12.1 Å². The Morgan fingerprint density at radius 2 is 2.24 bits per heavy atom. The highest BCUT2D eigenvalue weighted by Crippen LogP contribution is 2.12. The minimum absolute atomic E-state index is 0.171. The average molecular weight is 236 g/mol. The van der Waals surface area contributed by atoms with E-state index in [4.69, 9.17) is 15.7 Å². The van der Waals surface area contributed by atoms with Gasteiger partial charge in [0.2, 0.25) is 0 Å². The molecule has 0 bridgehead atoms. The van der Waals surface area contributed by atoms with Gasteiger partial charge in [0.25, 0.3) is 0 Å². The molecule has 3 nitrogen and oxygen atoms in total. The SMILES string of the molecule is CCC(C)(N)COCc1ccc(C#N)cc1F. The standard InChI is InChI=1S/C13H17FN2O/c1-3-13(2,16)9-17-8-11-5-4-10(7-15)6-12(11)14/h4-6H,3,8-9,16H2,1-2H3. The van der Waals surface area contributed by atoms with Crippen molar-refractivity contribution < 1.29 is 9.13 Å². The van der Waals surface area contributed by atoms with Crippen LogP contribution in [0.2, 0.25) is 0 Å². The molecule has 2 N–H and O–H groups in total. The molecule has 1 atom stereocenters. The van der Waals surface area contributed by atoms with Crippen LogP contribution in [0.5, 0.6) is 0 Å². The molecule has 0 radical (unpaired) electrons. The van der Waals surface area contributed by atoms with Crippen molar-refractivity contribution in [3.8, 4) is 6.07 Å². The number of nitrogens with zero attached hydrogens (tertiary/aromatic N) is 1. The summed E-state index contributed by atoms with van der Waals surface area (Å²) in [4.78, 5) is 0. The van der Waals surface area contributed by atoms with E-state index in [1.165, 1.54) is 6.07 Å². The van der Waals surface area contributed by atoms with Gasteiger partial charge in [-0.15, -0.1) is 0 Å². The van der Waals surface area contributed by atoms with E-state index in [9.17, 15) is 4.39 Å². The number of rotatable bonds is 5. The second-order valence-corrected chi connectivity index (χ2v) is 4.42. The highest BCUT2D eigenvalue weighted by atomic mass is 19.1. The molecule has 0 amide bonds. The number of halogens is 1. The molecule has 4 heteroatoms. The molecule has 0 aliphatic heterocycles. The van der Waals surface area contributed by atoms with Gasteiger partial charge in [-0.3, -0.25) is 0 Å². The summed E-state index contributed by atoms with van der Waals surface area (Å²) in [5, 5.41) is 8.60. The summed E-state index contributed by atoms with van der Waals surface area (Å²) in [6.07, 6.45) is 0.794. The summed E-state index contributed by atoms with van der Waals surface area (Å²) in [5.41, 5.74) is 6.27. The van der Waals surface area contributed by atoms with Crippen molar-refractivity contribution in [2.75, 3.05) is 6.61 Å². The maximum atomic E-state index is 13.5. The second-order valence-electron chi connectivity index (χ2n) is 4.42. The molecule has 1 aromatic carbocycles. The van der Waals surface area contributed by atoms with Gasteiger partial charge in [0.15, 0.2) is 0 Å². The van der Waals surface area contributed by atoms with Crippen molar-refractivity contribution in [3.63, 3.8) is 0 Å². The van der Waals surface area contributed by atoms with Gasteiger partial charge in [0.05, 0.1) is 24.8 Å². The van der Waals surface area contributed by atoms with Crippen LogP contribution in [0.4, 0.5) is 4.39 Å². The van der Waals surface area contributed by atoms with Crippen molar-refractivity contribution in [2.24, 2.45) is 5.73 Å². The molecule has 1 aromatic rings. The molecule has 1 rings (SSSR count). The van der Waals surface area contributed by atoms with E-state index in [2.05, 4.69) is 0 Å². The van der Waals surface area contributed by atoms with Crippen LogP contribution in [0.15, 0.2) is 18.2 Å². The molecule has 0 aromatic heterocycles. The molecular weight excluding hydrogens is 219 g/mol. The van der Waals surface area contributed by atoms with Crippen molar-refractivity contribution >= 4 is 0 Å². The zero-order valence-corrected chi connectivity index (χ0v) is 10.2. The second kappa shape index (κ2) is 5.76. The molecule has 0 heterocycles. The van der Waals surface area contributed by atoms with E-state index in [1.807, 2.05) is 19.9 Å². The predicted molar refractivity (Wildman–Crippen MR) is 63.7 cm³/mol. The van der Waals surface area contributed by atoms with E-state index in [-0.39, 0.29) is 12.1 Å². The number of ether oxygens (including phenoxy) is 1. The largest absolute Gasteiger partial charge is 0.375 e. The van der Waals surface area contributed by atoms with Crippen LogP contribution in [0.3, 0.4) is 0 Å². The first-order chi connectivity index (χ1) is 7.98. The molecule has 0 saturated carbocycles. The maximum Gasteiger partial charge on any atom is 0.130 e. The molecular formula is C13H17FN2O. The van der Waals surface area contributed by atoms with Gasteiger partial charge in [-0.05, 0) is 25.5 Å². The van der Waals surface area contributed by atoms with Crippen LogP contribution in [-0.2, 0) is 11.3 Å². The third-order valence-electron chi connectivity index (χ3n) is 2.68. The Kier molecular flexibility index (Phi) is 4.62. The minimum atomic E-state index is -0.417. The summed E-state index contributed by atoms with van der Waals surface area (Å²) in [6.45, 7) is 4.42. The maximum absolute atomic E-state index is 13.5. The minimum Gasteiger partial charge on any atom is -0.375 e. The summed E-state index contributed by atoms with van der Waals surface area (Å²) in [5.74, 6) is -0.417. The van der Waals surface area contributed by atoms with Crippen LogP contribution < -0.4 is 5.73 Å². The number of benzene rings is 1. The molecule has 0 spiro atoms. The summed E-state index contributed by atoms with van der Waals surface area (Å²) < 4.78 is 18.9. The zero-order chi connectivity index (χ0) is 12.9. The number of nitrogens with two attached hydrogens (primary N) is 1. The average Bonchev–Trinajstić information content (AvgIpc) is 2.31. The Labute approximate surface area is 101 Å². The van der Waals surface area contributed by atoms with Crippen molar-refractivity contribution in [1.82, 2.24) is 0 Å². The van der Waals surface area contributed by atoms with E-state index < -0.39 is 5.82 Å². The Balaban J connectivity index is 2.56. The monoisotopic (exact) mass is 236 g/mol. The molecule has 0 aliphatic rings. The first kappa shape index (κ1) is 13.6. The van der Waals surface area contributed by atoms with Gasteiger partial charge in [-0.25, -0.2) is 4.39 Å². The number of hydrogen-bond acceptors (Lipinski definition) is 3. The lowest BCUT2D eigenvalue weighted by molar-refractivity contribution is 0.0760. The number of nitriles is 1. The van der Waals surface area contributed by atoms with Gasteiger partial charge in [0.1, 0.15) is 5.82 Å². The summed E-state index contributed by atoms with van der Waals surface area (Å²) in [7, 11) is 0. The number of hydrogen-bond donors (Lipinski definition) is 1. The van der Waals surface area contributed by atoms with E-state index >= 15 is 0 Å². The van der Waals surface area contributed by atoms with E-state index in [1.54, 1.807) is 12.1 Å². The summed E-state index contributed by atoms with van der Waals surface area (Å²) in [6, 6.07) is 6.23. The van der Waals surface area contributed by atoms with Crippen molar-refractivity contribution in [2.45, 2.75) is 32.4 Å². The first-order valence-electron chi connectivity index (χ1n) is 5.53. The van der Waals surface area contributed by atoms with Gasteiger partial charge in [-0.2, -0.15) is 5.26 Å². The fourth-order valence-electron chi connectivity index (χ4n) is 1.23. The zero-order valence-electron chi connectivity index (χ0n) is 10.2. The quantitative estimate of drug-likeness (QED) is 0.853. The van der Waals surface area contributed by atoms with E-state index in [0.29, 0.717) is 17.7 Å². The molecule has 0 fully saturated rings. The lowest BCUT2D eigenvalue weighted by atomic mass is 10.0. The van der Waals surface area contributed by atoms with Crippen LogP contribution in [0.1, 0.15) is 31.4 Å². The Morgan fingerprint density at radius 1 is 1.53 bits per heavy atom. The van der Waals surface area contributed by atoms with Crippen molar-refractivity contribution in [1.29, 1.82) is 5.26 Å². The van der Waals surface area contributed by atoms with Crippen LogP contribution >= 0.6 is 0 Å². The van der Waals surface area contributed by atoms with Gasteiger partial charge in [0, 0.05) is 11.1 Å². The van der Waals surface area contributed by atoms with Crippen LogP contribution in [0.25, 0.3) is 0 Å². The van der Waals surface area contributed by atoms with Gasteiger partial charge < -0.3 is 10.5 Å². The first-order valence-corrected chi connectivity index (χ1v) is 5.53. The third-order valence-corrected chi connectivity index (χ3v) is 2.68. The Hall–Kier alpha value is -1.44. The smallest absolute Gasteiger partial charge is 0.130 e. The Morgan fingerprint density at radius 3 is 2.76 bits per heavy atom. The Bertz CT molecular complexity index is 424. The highest BCUT2D eigenvalue weighted by molar-refractivity contribution is 5.32. The molecule has 0 saturated heterocycles. The normalized spacial score (nSPS) is 14.1. The van der Waals surface area contributed by atoms with Gasteiger partial charge >= 0.3 is 0 Å². The molecule has 1 unspecified atom stereocenters. The molecule has 92 valence electrons. The lowest BCUT2D eigenvalue weighted by Gasteiger charge is -2.22. The molecule has 0 aliphatic carbocycles. The molecule has 17 heavy (non-hydrogen) atoms. The predicted octanol–water partition coefficient (Wildman–Crippen LogP) is 2.34. The fourth-order valence-corrected chi connectivity index (χ4v) is 1.23. The third kappa shape index (κ3) is 4.14. The highest BCUT2D eigenvalue weighted by Gasteiger charge is 2.15. The van der Waals surface area contributed by atoms with Gasteiger partial charge in [-0.1, -0.05) is 13.0 Å². The van der Waals surface area contributed by atoms with Crippen LogP contribution in [0, 0.1) is 17.1 Å².